The van der Waals surface area contributed by atoms with Crippen molar-refractivity contribution in [1.82, 2.24) is 19.7 Å². The lowest BCUT2D eigenvalue weighted by molar-refractivity contribution is 0.0964. The molecular weight excluding hydrogens is 324 g/mol. The van der Waals surface area contributed by atoms with Crippen molar-refractivity contribution in [3.63, 3.8) is 0 Å². The summed E-state index contributed by atoms with van der Waals surface area (Å²) in [5, 5.41) is 16.4. The molecule has 130 valence electrons. The maximum absolute atomic E-state index is 11.0. The van der Waals surface area contributed by atoms with Crippen LogP contribution in [0, 0.1) is 11.3 Å². The van der Waals surface area contributed by atoms with Crippen LogP contribution in [0.3, 0.4) is 0 Å². The van der Waals surface area contributed by atoms with E-state index in [0.29, 0.717) is 23.9 Å². The van der Waals surface area contributed by atoms with Gasteiger partial charge in [-0.2, -0.15) is 10.4 Å². The Morgan fingerprint density at radius 1 is 1.52 bits per heavy atom. The Labute approximate surface area is 144 Å². The van der Waals surface area contributed by atoms with Gasteiger partial charge in [0.2, 0.25) is 0 Å². The minimum Gasteiger partial charge on any atom is -0.445 e. The van der Waals surface area contributed by atoms with Gasteiger partial charge in [0.15, 0.2) is 11.5 Å². The number of carbonyl (C=O) groups excluding carboxylic acids is 1. The highest BCUT2D eigenvalue weighted by Crippen LogP contribution is 2.23. The SMILES string of the molecule is Cn1cc(Nc2nc(N3CCC[C@@H](OC(N)=O)C3)cnc2C#N)cn1. The third kappa shape index (κ3) is 3.95. The van der Waals surface area contributed by atoms with Crippen LogP contribution >= 0.6 is 0 Å². The van der Waals surface area contributed by atoms with Crippen molar-refractivity contribution in [2.75, 3.05) is 23.3 Å². The molecule has 3 N–H and O–H groups in total. The molecule has 3 heterocycles. The summed E-state index contributed by atoms with van der Waals surface area (Å²) < 4.78 is 6.73. The zero-order valence-electron chi connectivity index (χ0n) is 13.7. The average Bonchev–Trinajstić information content (AvgIpc) is 2.99. The highest BCUT2D eigenvalue weighted by atomic mass is 16.6. The van der Waals surface area contributed by atoms with Crippen LogP contribution in [0.2, 0.25) is 0 Å². The summed E-state index contributed by atoms with van der Waals surface area (Å²) in [5.41, 5.74) is 5.99. The average molecular weight is 342 g/mol. The number of nitrogens with zero attached hydrogens (tertiary/aromatic N) is 6. The zero-order valence-corrected chi connectivity index (χ0v) is 13.7. The van der Waals surface area contributed by atoms with Crippen molar-refractivity contribution in [3.05, 3.63) is 24.3 Å². The standard InChI is InChI=1S/C15H18N8O2/c1-22-8-10(6-19-22)20-14-12(5-16)18-7-13(21-14)23-4-2-3-11(9-23)25-15(17)24/h6-8,11H,2-4,9H2,1H3,(H2,17,24)(H,20,21)/t11-/m1/s1. The van der Waals surface area contributed by atoms with Gasteiger partial charge in [0.25, 0.3) is 0 Å². The number of amides is 1. The third-order valence-electron chi connectivity index (χ3n) is 3.82. The number of aryl methyl sites for hydroxylation is 1. The lowest BCUT2D eigenvalue weighted by Gasteiger charge is -2.32. The molecule has 0 bridgehead atoms. The van der Waals surface area contributed by atoms with Crippen molar-refractivity contribution in [3.8, 4) is 6.07 Å². The van der Waals surface area contributed by atoms with Crippen molar-refractivity contribution < 1.29 is 9.53 Å². The maximum atomic E-state index is 11.0. The highest BCUT2D eigenvalue weighted by molar-refractivity contribution is 5.65. The minimum absolute atomic E-state index is 0.189. The van der Waals surface area contributed by atoms with E-state index in [1.54, 1.807) is 30.3 Å². The van der Waals surface area contributed by atoms with Gasteiger partial charge >= 0.3 is 6.09 Å². The molecule has 1 atom stereocenters. The summed E-state index contributed by atoms with van der Waals surface area (Å²) in [4.78, 5) is 21.6. The number of primary amides is 1. The summed E-state index contributed by atoms with van der Waals surface area (Å²) in [6.07, 6.45) is 5.48. The number of ether oxygens (including phenoxy) is 1. The van der Waals surface area contributed by atoms with Crippen LogP contribution < -0.4 is 16.0 Å². The van der Waals surface area contributed by atoms with E-state index in [1.165, 1.54) is 0 Å². The lowest BCUT2D eigenvalue weighted by Crippen LogP contribution is -2.41. The second-order valence-electron chi connectivity index (χ2n) is 5.71. The van der Waals surface area contributed by atoms with E-state index in [-0.39, 0.29) is 11.8 Å². The van der Waals surface area contributed by atoms with E-state index < -0.39 is 6.09 Å². The molecule has 10 heteroatoms. The van der Waals surface area contributed by atoms with E-state index in [0.717, 1.165) is 19.4 Å². The molecule has 0 aromatic carbocycles. The van der Waals surface area contributed by atoms with Gasteiger partial charge < -0.3 is 20.7 Å². The van der Waals surface area contributed by atoms with Crippen molar-refractivity contribution in [2.24, 2.45) is 12.8 Å². The summed E-state index contributed by atoms with van der Waals surface area (Å²) in [7, 11) is 1.80. The maximum Gasteiger partial charge on any atom is 0.404 e. The molecule has 1 aliphatic heterocycles. The number of nitrogens with one attached hydrogen (secondary N) is 1. The summed E-state index contributed by atoms with van der Waals surface area (Å²) in [6, 6.07) is 2.02. The molecule has 2 aromatic rings. The van der Waals surface area contributed by atoms with E-state index in [9.17, 15) is 10.1 Å². The van der Waals surface area contributed by atoms with Gasteiger partial charge in [0.1, 0.15) is 18.0 Å². The van der Waals surface area contributed by atoms with Gasteiger partial charge in [-0.05, 0) is 12.8 Å². The fourth-order valence-electron chi connectivity index (χ4n) is 2.73. The first-order valence-corrected chi connectivity index (χ1v) is 7.79. The van der Waals surface area contributed by atoms with Crippen LogP contribution in [0.25, 0.3) is 0 Å². The van der Waals surface area contributed by atoms with Gasteiger partial charge in [-0.3, -0.25) is 4.68 Å². The molecule has 10 nitrogen and oxygen atoms in total. The number of piperidine rings is 1. The molecule has 1 amide bonds. The Bertz CT molecular complexity index is 812. The number of nitriles is 1. The predicted molar refractivity (Wildman–Crippen MR) is 89.1 cm³/mol. The highest BCUT2D eigenvalue weighted by Gasteiger charge is 2.24. The third-order valence-corrected chi connectivity index (χ3v) is 3.82. The molecule has 0 saturated carbocycles. The van der Waals surface area contributed by atoms with Crippen LogP contribution in [0.5, 0.6) is 0 Å². The fraction of sp³-hybridized carbons (Fsp3) is 0.400. The summed E-state index contributed by atoms with van der Waals surface area (Å²) in [5.74, 6) is 0.953. The first kappa shape index (κ1) is 16.5. The topological polar surface area (TPSA) is 135 Å². The molecule has 1 aliphatic rings. The lowest BCUT2D eigenvalue weighted by atomic mass is 10.1. The molecule has 0 unspecified atom stereocenters. The number of hydrogen-bond acceptors (Lipinski definition) is 8. The monoisotopic (exact) mass is 342 g/mol. The molecule has 2 aromatic heterocycles. The number of rotatable bonds is 4. The van der Waals surface area contributed by atoms with Crippen LogP contribution in [-0.2, 0) is 11.8 Å². The molecule has 0 spiro atoms. The van der Waals surface area contributed by atoms with Crippen molar-refractivity contribution >= 4 is 23.4 Å². The Morgan fingerprint density at radius 3 is 3.04 bits per heavy atom. The smallest absolute Gasteiger partial charge is 0.404 e. The van der Waals surface area contributed by atoms with Crippen LogP contribution in [0.1, 0.15) is 18.5 Å². The van der Waals surface area contributed by atoms with E-state index in [1.807, 2.05) is 11.0 Å². The Morgan fingerprint density at radius 2 is 2.36 bits per heavy atom. The number of hydrogen-bond donors (Lipinski definition) is 2. The normalized spacial score (nSPS) is 17.0. The molecule has 3 rings (SSSR count). The number of nitrogens with two attached hydrogens (primary N) is 1. The second kappa shape index (κ2) is 7.04. The largest absolute Gasteiger partial charge is 0.445 e. The molecule has 1 fully saturated rings. The van der Waals surface area contributed by atoms with Crippen molar-refractivity contribution in [2.45, 2.75) is 18.9 Å². The number of carbonyl (C=O) groups is 1. The molecule has 0 aliphatic carbocycles. The van der Waals surface area contributed by atoms with Gasteiger partial charge in [0.05, 0.1) is 24.6 Å². The van der Waals surface area contributed by atoms with Gasteiger partial charge in [-0.25, -0.2) is 14.8 Å². The zero-order chi connectivity index (χ0) is 17.8. The van der Waals surface area contributed by atoms with E-state index in [4.69, 9.17) is 10.5 Å². The van der Waals surface area contributed by atoms with Crippen LogP contribution in [-0.4, -0.2) is 45.0 Å². The quantitative estimate of drug-likeness (QED) is 0.836. The fourth-order valence-corrected chi connectivity index (χ4v) is 2.73. The molecule has 1 saturated heterocycles. The van der Waals surface area contributed by atoms with Gasteiger partial charge in [0, 0.05) is 19.8 Å². The van der Waals surface area contributed by atoms with E-state index >= 15 is 0 Å². The molecule has 25 heavy (non-hydrogen) atoms. The first-order valence-electron chi connectivity index (χ1n) is 7.79. The second-order valence-corrected chi connectivity index (χ2v) is 5.71. The Balaban J connectivity index is 1.81. The first-order chi connectivity index (χ1) is 12.0. The van der Waals surface area contributed by atoms with Crippen molar-refractivity contribution in [1.29, 1.82) is 5.26 Å². The van der Waals surface area contributed by atoms with Crippen LogP contribution in [0.4, 0.5) is 22.1 Å². The predicted octanol–water partition coefficient (Wildman–Crippen LogP) is 0.889. The van der Waals surface area contributed by atoms with Gasteiger partial charge in [-0.15, -0.1) is 0 Å². The molecular formula is C15H18N8O2. The minimum atomic E-state index is -0.781. The summed E-state index contributed by atoms with van der Waals surface area (Å²) in [6.45, 7) is 1.24. The number of anilines is 3. The Hall–Kier alpha value is -3.35. The molecule has 0 radical (unpaired) electrons. The van der Waals surface area contributed by atoms with Crippen LogP contribution in [0.15, 0.2) is 18.6 Å². The summed E-state index contributed by atoms with van der Waals surface area (Å²) >= 11 is 0. The van der Waals surface area contributed by atoms with Gasteiger partial charge in [-0.1, -0.05) is 0 Å². The number of aromatic nitrogens is 4. The van der Waals surface area contributed by atoms with E-state index in [2.05, 4.69) is 20.4 Å². The Kier molecular flexibility index (Phi) is 4.65.